The lowest BCUT2D eigenvalue weighted by molar-refractivity contribution is -0.143. The Bertz CT molecular complexity index is 807. The van der Waals surface area contributed by atoms with Gasteiger partial charge in [-0.15, -0.1) is 0 Å². The second kappa shape index (κ2) is 7.90. The maximum absolute atomic E-state index is 14.0. The number of nitrogens with one attached hydrogen (secondary N) is 1. The summed E-state index contributed by atoms with van der Waals surface area (Å²) in [5.74, 6) is -0.609. The normalized spacial score (nSPS) is 18.5. The minimum atomic E-state index is -4.60. The Kier molecular flexibility index (Phi) is 5.34. The van der Waals surface area contributed by atoms with E-state index < -0.39 is 23.7 Å². The first-order valence-corrected chi connectivity index (χ1v) is 9.41. The monoisotopic (exact) mass is 394 g/mol. The zero-order chi connectivity index (χ0) is 19.6. The van der Waals surface area contributed by atoms with E-state index in [1.807, 2.05) is 0 Å². The van der Waals surface area contributed by atoms with Crippen LogP contribution in [0.4, 0.5) is 24.8 Å². The van der Waals surface area contributed by atoms with Crippen molar-refractivity contribution in [3.8, 4) is 5.88 Å². The van der Waals surface area contributed by atoms with Gasteiger partial charge in [0.05, 0.1) is 30.8 Å². The van der Waals surface area contributed by atoms with Gasteiger partial charge in [-0.1, -0.05) is 19.3 Å². The molecule has 0 unspecified atom stereocenters. The quantitative estimate of drug-likeness (QED) is 0.808. The third-order valence-electron chi connectivity index (χ3n) is 4.98. The van der Waals surface area contributed by atoms with E-state index in [1.165, 1.54) is 0 Å². The van der Waals surface area contributed by atoms with Gasteiger partial charge in [0, 0.05) is 12.1 Å². The van der Waals surface area contributed by atoms with Gasteiger partial charge in [0.15, 0.2) is 0 Å². The van der Waals surface area contributed by atoms with Crippen molar-refractivity contribution in [2.45, 2.75) is 50.3 Å². The molecule has 6 nitrogen and oxygen atoms in total. The molecule has 1 saturated heterocycles. The van der Waals surface area contributed by atoms with Crippen LogP contribution in [-0.2, 0) is 10.9 Å². The Morgan fingerprint density at radius 1 is 1.11 bits per heavy atom. The fraction of sp³-hybridized carbons (Fsp3) is 0.526. The van der Waals surface area contributed by atoms with Crippen molar-refractivity contribution < 1.29 is 22.6 Å². The van der Waals surface area contributed by atoms with E-state index in [0.717, 1.165) is 19.3 Å². The van der Waals surface area contributed by atoms with Gasteiger partial charge in [-0.3, -0.25) is 4.98 Å². The molecule has 0 radical (unpaired) electrons. The Hall–Kier alpha value is -2.42. The van der Waals surface area contributed by atoms with Gasteiger partial charge in [0.2, 0.25) is 11.8 Å². The van der Waals surface area contributed by atoms with E-state index in [-0.39, 0.29) is 30.8 Å². The molecule has 1 saturated carbocycles. The molecule has 28 heavy (non-hydrogen) atoms. The summed E-state index contributed by atoms with van der Waals surface area (Å²) in [5.41, 5.74) is -0.248. The van der Waals surface area contributed by atoms with Crippen LogP contribution < -0.4 is 10.1 Å². The molecule has 1 aliphatic heterocycles. The van der Waals surface area contributed by atoms with Crippen LogP contribution in [0.1, 0.15) is 49.3 Å². The lowest BCUT2D eigenvalue weighted by Crippen LogP contribution is -2.39. The number of hydrogen-bond donors (Lipinski definition) is 1. The lowest BCUT2D eigenvalue weighted by atomic mass is 9.85. The highest BCUT2D eigenvalue weighted by molar-refractivity contribution is 5.53. The smallest absolute Gasteiger partial charge is 0.423 e. The fourth-order valence-corrected chi connectivity index (χ4v) is 3.54. The minimum Gasteiger partial charge on any atom is -0.469 e. The minimum absolute atomic E-state index is 0.0174. The van der Waals surface area contributed by atoms with E-state index >= 15 is 0 Å². The van der Waals surface area contributed by atoms with Gasteiger partial charge in [0.1, 0.15) is 11.7 Å². The zero-order valence-corrected chi connectivity index (χ0v) is 15.2. The zero-order valence-electron chi connectivity index (χ0n) is 15.2. The van der Waals surface area contributed by atoms with Crippen molar-refractivity contribution in [3.63, 3.8) is 0 Å². The molecular formula is C19H21F3N4O2. The number of anilines is 2. The van der Waals surface area contributed by atoms with Crippen molar-refractivity contribution in [2.24, 2.45) is 0 Å². The van der Waals surface area contributed by atoms with Crippen LogP contribution in [0.25, 0.3) is 0 Å². The van der Waals surface area contributed by atoms with Gasteiger partial charge in [-0.2, -0.15) is 18.2 Å². The predicted octanol–water partition coefficient (Wildman–Crippen LogP) is 4.46. The van der Waals surface area contributed by atoms with Crippen LogP contribution in [0.15, 0.2) is 24.5 Å². The van der Waals surface area contributed by atoms with Gasteiger partial charge in [-0.25, -0.2) is 4.98 Å². The first-order chi connectivity index (χ1) is 13.5. The van der Waals surface area contributed by atoms with Crippen molar-refractivity contribution in [2.75, 3.05) is 18.5 Å². The fourth-order valence-electron chi connectivity index (χ4n) is 3.54. The van der Waals surface area contributed by atoms with E-state index in [2.05, 4.69) is 20.3 Å². The third-order valence-corrected chi connectivity index (χ3v) is 4.98. The molecule has 2 aromatic rings. The van der Waals surface area contributed by atoms with E-state index in [9.17, 15) is 13.2 Å². The van der Waals surface area contributed by atoms with E-state index in [1.54, 1.807) is 24.5 Å². The average Bonchev–Trinajstić information content (AvgIpc) is 2.65. The van der Waals surface area contributed by atoms with Gasteiger partial charge < -0.3 is 14.8 Å². The average molecular weight is 394 g/mol. The first kappa shape index (κ1) is 18.9. The summed E-state index contributed by atoms with van der Waals surface area (Å²) in [5, 5.41) is 2.95. The summed E-state index contributed by atoms with van der Waals surface area (Å²) in [6, 6.07) is 3.46. The lowest BCUT2D eigenvalue weighted by Gasteiger charge is -2.29. The second-order valence-corrected chi connectivity index (χ2v) is 7.09. The summed E-state index contributed by atoms with van der Waals surface area (Å²) in [7, 11) is 0. The highest BCUT2D eigenvalue weighted by atomic mass is 19.4. The Labute approximate surface area is 160 Å². The summed E-state index contributed by atoms with van der Waals surface area (Å²) < 4.78 is 52.5. The summed E-state index contributed by atoms with van der Waals surface area (Å²) in [6.07, 6.45) is 2.32. The summed E-state index contributed by atoms with van der Waals surface area (Å²) in [4.78, 5) is 12.3. The predicted molar refractivity (Wildman–Crippen MR) is 95.6 cm³/mol. The number of rotatable bonds is 5. The number of alkyl halides is 3. The Morgan fingerprint density at radius 2 is 1.89 bits per heavy atom. The van der Waals surface area contributed by atoms with Crippen molar-refractivity contribution in [3.05, 3.63) is 35.8 Å². The van der Waals surface area contributed by atoms with Gasteiger partial charge in [0.25, 0.3) is 0 Å². The van der Waals surface area contributed by atoms with Crippen molar-refractivity contribution in [1.29, 1.82) is 0 Å². The number of aromatic nitrogens is 3. The molecule has 4 rings (SSSR count). The number of pyridine rings is 1. The molecular weight excluding hydrogens is 373 g/mol. The first-order valence-electron chi connectivity index (χ1n) is 9.41. The topological polar surface area (TPSA) is 69.2 Å². The SMILES string of the molecule is FC(F)(F)c1c(OC2COC2)nc(Nc2cccnc2)nc1C1CCCCC1. The van der Waals surface area contributed by atoms with Crippen molar-refractivity contribution in [1.82, 2.24) is 15.0 Å². The van der Waals surface area contributed by atoms with Gasteiger partial charge >= 0.3 is 6.18 Å². The van der Waals surface area contributed by atoms with Crippen LogP contribution in [0.2, 0.25) is 0 Å². The molecule has 0 aromatic carbocycles. The molecule has 2 aromatic heterocycles. The standard InChI is InChI=1S/C19H21F3N4O2/c20-19(21,22)15-16(12-5-2-1-3-6-12)25-18(24-13-7-4-8-23-9-13)26-17(15)28-14-10-27-11-14/h4,7-9,12,14H,1-3,5-6,10-11H2,(H,24,25,26). The molecule has 1 N–H and O–H groups in total. The number of halogens is 3. The van der Waals surface area contributed by atoms with E-state index in [0.29, 0.717) is 18.5 Å². The second-order valence-electron chi connectivity index (χ2n) is 7.09. The summed E-state index contributed by atoms with van der Waals surface area (Å²) in [6.45, 7) is 0.511. The molecule has 1 aliphatic carbocycles. The molecule has 0 atom stereocenters. The maximum Gasteiger partial charge on any atom is 0.423 e. The molecule has 0 bridgehead atoms. The third kappa shape index (κ3) is 4.19. The van der Waals surface area contributed by atoms with E-state index in [4.69, 9.17) is 9.47 Å². The van der Waals surface area contributed by atoms with Crippen LogP contribution in [-0.4, -0.2) is 34.3 Å². The largest absolute Gasteiger partial charge is 0.469 e. The Balaban J connectivity index is 1.77. The number of hydrogen-bond acceptors (Lipinski definition) is 6. The number of ether oxygens (including phenoxy) is 2. The maximum atomic E-state index is 14.0. The van der Waals surface area contributed by atoms with Crippen LogP contribution in [0, 0.1) is 0 Å². The Morgan fingerprint density at radius 3 is 2.50 bits per heavy atom. The van der Waals surface area contributed by atoms with Crippen LogP contribution in [0.5, 0.6) is 5.88 Å². The molecule has 0 spiro atoms. The number of nitrogens with zero attached hydrogens (tertiary/aromatic N) is 3. The highest BCUT2D eigenvalue weighted by Crippen LogP contribution is 2.44. The van der Waals surface area contributed by atoms with Gasteiger partial charge in [-0.05, 0) is 25.0 Å². The highest BCUT2D eigenvalue weighted by Gasteiger charge is 2.42. The molecule has 9 heteroatoms. The molecule has 2 fully saturated rings. The molecule has 2 aliphatic rings. The molecule has 150 valence electrons. The van der Waals surface area contributed by atoms with Crippen LogP contribution in [0.3, 0.4) is 0 Å². The van der Waals surface area contributed by atoms with Crippen LogP contribution >= 0.6 is 0 Å². The summed E-state index contributed by atoms with van der Waals surface area (Å²) >= 11 is 0. The molecule has 3 heterocycles. The van der Waals surface area contributed by atoms with Crippen molar-refractivity contribution >= 4 is 11.6 Å². The molecule has 0 amide bonds.